The highest BCUT2D eigenvalue weighted by atomic mass is 16.3. The molecule has 0 bridgehead atoms. The summed E-state index contributed by atoms with van der Waals surface area (Å²) >= 11 is 0. The highest BCUT2D eigenvalue weighted by molar-refractivity contribution is 6.23. The van der Waals surface area contributed by atoms with Gasteiger partial charge in [-0.25, -0.2) is 15.0 Å². The summed E-state index contributed by atoms with van der Waals surface area (Å²) in [6.07, 6.45) is 0. The second kappa shape index (κ2) is 11.0. The van der Waals surface area contributed by atoms with Crippen LogP contribution in [-0.4, -0.2) is 15.0 Å². The monoisotopic (exact) mass is 639 g/mol. The van der Waals surface area contributed by atoms with Crippen LogP contribution in [0.4, 0.5) is 0 Å². The first-order chi connectivity index (χ1) is 30.1. The van der Waals surface area contributed by atoms with E-state index in [1.165, 1.54) is 0 Å². The Labute approximate surface area is 301 Å². The number of nitrogens with zero attached hydrogens (tertiary/aromatic N) is 3. The molecule has 0 aliphatic heterocycles. The molecule has 2 aromatic heterocycles. The van der Waals surface area contributed by atoms with E-state index in [0.717, 1.165) is 0 Å². The Hall–Kier alpha value is -6.65. The Bertz CT molecular complexity index is 3670. The minimum atomic E-state index is -0.584. The van der Waals surface area contributed by atoms with Gasteiger partial charge in [-0.05, 0) is 67.7 Å². The summed E-state index contributed by atoms with van der Waals surface area (Å²) in [5, 5.41) is 1.86. The number of aromatic nitrogens is 3. The van der Waals surface area contributed by atoms with Crippen molar-refractivity contribution in [1.82, 2.24) is 15.0 Å². The van der Waals surface area contributed by atoms with Gasteiger partial charge >= 0.3 is 0 Å². The molecule has 8 aromatic carbocycles. The van der Waals surface area contributed by atoms with Crippen molar-refractivity contribution in [2.45, 2.75) is 0 Å². The molecule has 0 saturated heterocycles. The van der Waals surface area contributed by atoms with Crippen molar-refractivity contribution in [3.05, 3.63) is 163 Å². The minimum absolute atomic E-state index is 0.0520. The van der Waals surface area contributed by atoms with Gasteiger partial charge in [0.2, 0.25) is 0 Å². The fourth-order valence-electron chi connectivity index (χ4n) is 6.31. The summed E-state index contributed by atoms with van der Waals surface area (Å²) in [6.45, 7) is 0. The van der Waals surface area contributed by atoms with E-state index < -0.39 is 78.6 Å². The number of benzene rings is 8. The highest BCUT2D eigenvalue weighted by Crippen LogP contribution is 2.42. The lowest BCUT2D eigenvalue weighted by molar-refractivity contribution is 0.669. The third-order valence-corrected chi connectivity index (χ3v) is 8.52. The van der Waals surface area contributed by atoms with Gasteiger partial charge in [0.25, 0.3) is 0 Å². The lowest BCUT2D eigenvalue weighted by atomic mass is 9.92. The quantitative estimate of drug-likeness (QED) is 0.192. The molecule has 0 aliphatic rings. The van der Waals surface area contributed by atoms with Crippen LogP contribution in [0.15, 0.2) is 168 Å². The van der Waals surface area contributed by atoms with E-state index in [-0.39, 0.29) is 56.2 Å². The van der Waals surface area contributed by atoms with E-state index >= 15 is 0 Å². The zero-order valence-corrected chi connectivity index (χ0v) is 25.3. The van der Waals surface area contributed by atoms with Gasteiger partial charge in [0.15, 0.2) is 17.5 Å². The Kier molecular flexibility index (Phi) is 3.79. The number of rotatable bonds is 4. The second-order valence-corrected chi connectivity index (χ2v) is 11.3. The molecular formula is C45H27N3O. The first-order valence-electron chi connectivity index (χ1n) is 22.3. The summed E-state index contributed by atoms with van der Waals surface area (Å²) in [4.78, 5) is 14.3. The molecule has 4 heteroatoms. The minimum Gasteiger partial charge on any atom is -0.456 e. The fourth-order valence-corrected chi connectivity index (χ4v) is 6.31. The summed E-state index contributed by atoms with van der Waals surface area (Å²) in [5.74, 6) is 0.133. The molecule has 0 spiro atoms. The van der Waals surface area contributed by atoms with Gasteiger partial charge in [-0.1, -0.05) is 139 Å². The van der Waals surface area contributed by atoms with E-state index in [4.69, 9.17) is 38.6 Å². The van der Waals surface area contributed by atoms with Crippen molar-refractivity contribution in [2.75, 3.05) is 0 Å². The van der Waals surface area contributed by atoms with Crippen molar-refractivity contribution in [1.29, 1.82) is 0 Å². The summed E-state index contributed by atoms with van der Waals surface area (Å²) in [6, 6.07) is 15.9. The summed E-state index contributed by atoms with van der Waals surface area (Å²) in [5.41, 5.74) is 2.08. The summed E-state index contributed by atoms with van der Waals surface area (Å²) < 4.78 is 128. The molecule has 0 radical (unpaired) electrons. The molecule has 0 atom stereocenters. The van der Waals surface area contributed by atoms with Gasteiger partial charge < -0.3 is 4.42 Å². The first kappa shape index (κ1) is 17.0. The zero-order valence-electron chi connectivity index (χ0n) is 39.3. The molecule has 0 fully saturated rings. The highest BCUT2D eigenvalue weighted by Gasteiger charge is 2.19. The number of fused-ring (bicyclic) bond motifs is 7. The smallest absolute Gasteiger partial charge is 0.164 e. The molecule has 0 aliphatic carbocycles. The molecule has 49 heavy (non-hydrogen) atoms. The second-order valence-electron chi connectivity index (χ2n) is 11.3. The predicted octanol–water partition coefficient (Wildman–Crippen LogP) is 11.9. The van der Waals surface area contributed by atoms with Gasteiger partial charge in [-0.2, -0.15) is 0 Å². The van der Waals surface area contributed by atoms with Crippen molar-refractivity contribution < 1.29 is 23.6 Å². The van der Waals surface area contributed by atoms with E-state index in [2.05, 4.69) is 0 Å². The zero-order chi connectivity index (χ0) is 44.5. The Balaban J connectivity index is 1.26. The number of hydrogen-bond acceptors (Lipinski definition) is 4. The lowest BCUT2D eigenvalue weighted by Crippen LogP contribution is -2.00. The van der Waals surface area contributed by atoms with Crippen LogP contribution < -0.4 is 0 Å². The molecular weight excluding hydrogens is 599 g/mol. The average molecular weight is 640 g/mol. The van der Waals surface area contributed by atoms with Crippen LogP contribution in [0.5, 0.6) is 0 Å². The lowest BCUT2D eigenvalue weighted by Gasteiger charge is -2.11. The van der Waals surface area contributed by atoms with Crippen LogP contribution >= 0.6 is 0 Å². The average Bonchev–Trinajstić information content (AvgIpc) is 3.67. The van der Waals surface area contributed by atoms with Gasteiger partial charge in [0.05, 0.1) is 19.2 Å². The fraction of sp³-hybridized carbons (Fsp3) is 0. The summed E-state index contributed by atoms with van der Waals surface area (Å²) in [7, 11) is 0. The van der Waals surface area contributed by atoms with E-state index in [1.807, 2.05) is 18.2 Å². The third kappa shape index (κ3) is 4.49. The van der Waals surface area contributed by atoms with Crippen LogP contribution in [0.2, 0.25) is 0 Å². The topological polar surface area (TPSA) is 51.8 Å². The molecule has 0 amide bonds. The Morgan fingerprint density at radius 1 is 0.408 bits per heavy atom. The van der Waals surface area contributed by atoms with Crippen molar-refractivity contribution in [2.24, 2.45) is 0 Å². The molecule has 10 aromatic rings. The predicted molar refractivity (Wildman–Crippen MR) is 201 cm³/mol. The Morgan fingerprint density at radius 2 is 1.02 bits per heavy atom. The van der Waals surface area contributed by atoms with Gasteiger partial charge in [-0.15, -0.1) is 0 Å². The van der Waals surface area contributed by atoms with Crippen LogP contribution in [0, 0.1) is 0 Å². The molecule has 228 valence electrons. The van der Waals surface area contributed by atoms with Crippen LogP contribution in [-0.2, 0) is 0 Å². The van der Waals surface area contributed by atoms with E-state index in [9.17, 15) is 0 Å². The maximum absolute atomic E-state index is 9.06. The van der Waals surface area contributed by atoms with Crippen molar-refractivity contribution in [3.8, 4) is 45.3 Å². The van der Waals surface area contributed by atoms with Crippen LogP contribution in [0.25, 0.3) is 99.5 Å². The van der Waals surface area contributed by atoms with Gasteiger partial charge in [-0.3, -0.25) is 0 Å². The molecule has 4 nitrogen and oxygen atoms in total. The molecule has 0 N–H and O–H groups in total. The Morgan fingerprint density at radius 3 is 1.80 bits per heavy atom. The first-order valence-corrected chi connectivity index (χ1v) is 15.3. The van der Waals surface area contributed by atoms with Crippen LogP contribution in [0.3, 0.4) is 0 Å². The van der Waals surface area contributed by atoms with Crippen molar-refractivity contribution in [3.63, 3.8) is 0 Å². The van der Waals surface area contributed by atoms with Crippen molar-refractivity contribution >= 4 is 54.3 Å². The maximum atomic E-state index is 9.06. The molecule has 0 saturated carbocycles. The van der Waals surface area contributed by atoms with Gasteiger partial charge in [0, 0.05) is 27.5 Å². The molecule has 0 unspecified atom stereocenters. The third-order valence-electron chi connectivity index (χ3n) is 8.52. The largest absolute Gasteiger partial charge is 0.456 e. The standard InChI is InChI=1S/C45H27N3O/c1-2-14-30(15-3-1)43-46-44(48-45(47-43)37-23-11-17-29-13-5-7-19-33(29)37)31-24-25-40-39(26-31)42-36-21-9-8-20-35(36)38(27-41(42)49-40)34-22-10-16-28-12-4-6-18-32(28)34/h1-27H/i4D,5D,6D,7D,10D,11D,12D,13D,16D,17D,18D,19D,22D,23D. The van der Waals surface area contributed by atoms with Gasteiger partial charge in [0.1, 0.15) is 11.2 Å². The van der Waals surface area contributed by atoms with E-state index in [1.54, 1.807) is 60.7 Å². The normalized spacial score (nSPS) is 15.7. The van der Waals surface area contributed by atoms with E-state index in [0.29, 0.717) is 49.4 Å². The number of furan rings is 1. The molecule has 2 heterocycles. The number of hydrogen-bond donors (Lipinski definition) is 0. The SMILES string of the molecule is [2H]c1c([2H])c([2H])c2c(-c3nc(-c4ccccc4)nc(-c4ccc5oc6cc(-c7c([2H])c([2H])c([2H])c8c([2H])c([2H])c([2H])c([2H])c78)c7ccccc7c6c5c4)n3)c([2H])c([2H])c([2H])c2c1[2H]. The van der Waals surface area contributed by atoms with Crippen LogP contribution in [0.1, 0.15) is 19.2 Å². The maximum Gasteiger partial charge on any atom is 0.164 e. The molecule has 10 rings (SSSR count).